The summed E-state index contributed by atoms with van der Waals surface area (Å²) in [5, 5.41) is 0. The number of halogens is 1. The molecule has 2 rings (SSSR count). The molecule has 1 atom stereocenters. The molecule has 1 fully saturated rings. The van der Waals surface area contributed by atoms with E-state index in [2.05, 4.69) is 6.08 Å². The molecule has 106 valence electrons. The lowest BCUT2D eigenvalue weighted by molar-refractivity contribution is 0.601. The Balaban J connectivity index is 0.00000180. The first-order valence-corrected chi connectivity index (χ1v) is 8.05. The molecule has 0 heterocycles. The van der Waals surface area contributed by atoms with Crippen molar-refractivity contribution >= 4 is 28.3 Å². The number of hydrogen-bond acceptors (Lipinski definition) is 3. The number of benzene rings is 1. The van der Waals surface area contributed by atoms with Gasteiger partial charge in [-0.05, 0) is 48.9 Å². The monoisotopic (exact) mass is 301 g/mol. The highest BCUT2D eigenvalue weighted by Gasteiger charge is 2.18. The van der Waals surface area contributed by atoms with Gasteiger partial charge < -0.3 is 5.73 Å². The van der Waals surface area contributed by atoms with E-state index in [1.807, 2.05) is 19.1 Å². The summed E-state index contributed by atoms with van der Waals surface area (Å²) < 4.78 is 23.1. The highest BCUT2D eigenvalue weighted by molar-refractivity contribution is 7.90. The van der Waals surface area contributed by atoms with Crippen molar-refractivity contribution in [3.05, 3.63) is 35.4 Å². The third kappa shape index (κ3) is 4.34. The van der Waals surface area contributed by atoms with Crippen LogP contribution in [-0.4, -0.2) is 14.7 Å². The summed E-state index contributed by atoms with van der Waals surface area (Å²) >= 11 is 0. The molecular weight excluding hydrogens is 282 g/mol. The quantitative estimate of drug-likeness (QED) is 0.930. The Bertz CT molecular complexity index is 575. The van der Waals surface area contributed by atoms with Crippen molar-refractivity contribution < 1.29 is 8.42 Å². The second-order valence-corrected chi connectivity index (χ2v) is 7.06. The smallest absolute Gasteiger partial charge is 0.175 e. The highest BCUT2D eigenvalue weighted by atomic mass is 35.5. The van der Waals surface area contributed by atoms with Gasteiger partial charge in [-0.25, -0.2) is 8.42 Å². The lowest BCUT2D eigenvalue weighted by atomic mass is 10.0. The zero-order valence-corrected chi connectivity index (χ0v) is 12.8. The molecule has 1 aliphatic rings. The van der Waals surface area contributed by atoms with Crippen LogP contribution < -0.4 is 5.73 Å². The van der Waals surface area contributed by atoms with E-state index in [0.717, 1.165) is 11.1 Å². The number of rotatable bonds is 4. The zero-order chi connectivity index (χ0) is 13.3. The van der Waals surface area contributed by atoms with Gasteiger partial charge in [-0.15, -0.1) is 12.4 Å². The molecule has 2 N–H and O–H groups in total. The van der Waals surface area contributed by atoms with Crippen LogP contribution in [0.15, 0.2) is 29.2 Å². The largest absolute Gasteiger partial charge is 0.324 e. The van der Waals surface area contributed by atoms with Crippen LogP contribution >= 0.6 is 12.4 Å². The minimum Gasteiger partial charge on any atom is -0.324 e. The summed E-state index contributed by atoms with van der Waals surface area (Å²) in [5.41, 5.74) is 7.81. The Labute approximate surface area is 121 Å². The van der Waals surface area contributed by atoms with Gasteiger partial charge in [-0.2, -0.15) is 0 Å². The van der Waals surface area contributed by atoms with Crippen LogP contribution in [0, 0.1) is 5.92 Å². The molecule has 0 spiro atoms. The van der Waals surface area contributed by atoms with Crippen LogP contribution in [0.3, 0.4) is 0 Å². The first-order valence-electron chi connectivity index (χ1n) is 6.15. The van der Waals surface area contributed by atoms with E-state index in [-0.39, 0.29) is 18.4 Å². The summed E-state index contributed by atoms with van der Waals surface area (Å²) in [7, 11) is -3.17. The number of allylic oxidation sites excluding steroid dienone is 1. The standard InChI is InChI=1S/C14H19NO2S.ClH/c1-10(15)14-8-7-13(18(2,16)17)9-12(14)6-5-11-3-4-11;/h5-11H,3-4,15H2,1-2H3;1H/b6-5+;/t10-;/m0./s1. The van der Waals surface area contributed by atoms with Crippen LogP contribution in [0.4, 0.5) is 0 Å². The minimum absolute atomic E-state index is 0. The summed E-state index contributed by atoms with van der Waals surface area (Å²) in [6.07, 6.45) is 7.84. The maximum absolute atomic E-state index is 11.6. The molecule has 0 amide bonds. The first kappa shape index (κ1) is 16.2. The second-order valence-electron chi connectivity index (χ2n) is 5.05. The van der Waals surface area contributed by atoms with Crippen LogP contribution in [0.5, 0.6) is 0 Å². The molecule has 3 nitrogen and oxygen atoms in total. The predicted octanol–water partition coefficient (Wildman–Crippen LogP) is 2.95. The lowest BCUT2D eigenvalue weighted by Gasteiger charge is -2.11. The summed E-state index contributed by atoms with van der Waals surface area (Å²) in [4.78, 5) is 0.349. The Hall–Kier alpha value is -0.840. The molecule has 1 aliphatic carbocycles. The second kappa shape index (κ2) is 6.07. The fourth-order valence-corrected chi connectivity index (χ4v) is 2.53. The van der Waals surface area contributed by atoms with Crippen molar-refractivity contribution in [2.45, 2.75) is 30.7 Å². The van der Waals surface area contributed by atoms with Gasteiger partial charge in [0, 0.05) is 12.3 Å². The van der Waals surface area contributed by atoms with Crippen LogP contribution in [0.2, 0.25) is 0 Å². The summed E-state index contributed by atoms with van der Waals surface area (Å²) in [6, 6.07) is 5.06. The molecule has 0 aromatic heterocycles. The molecule has 1 aromatic rings. The molecule has 0 radical (unpaired) electrons. The average molecular weight is 302 g/mol. The number of nitrogens with two attached hydrogens (primary N) is 1. The van der Waals surface area contributed by atoms with Crippen LogP contribution in [0.25, 0.3) is 6.08 Å². The fraction of sp³-hybridized carbons (Fsp3) is 0.429. The Morgan fingerprint density at radius 2 is 2.00 bits per heavy atom. The molecule has 1 aromatic carbocycles. The molecule has 0 saturated heterocycles. The third-order valence-electron chi connectivity index (χ3n) is 3.15. The van der Waals surface area contributed by atoms with Crippen molar-refractivity contribution in [2.75, 3.05) is 6.26 Å². The minimum atomic E-state index is -3.17. The Kier molecular flexibility index (Phi) is 5.18. The van der Waals surface area contributed by atoms with Crippen LogP contribution in [0.1, 0.15) is 36.9 Å². The Morgan fingerprint density at radius 1 is 1.37 bits per heavy atom. The first-order chi connectivity index (χ1) is 8.38. The third-order valence-corrected chi connectivity index (χ3v) is 4.26. The molecule has 1 saturated carbocycles. The summed E-state index contributed by atoms with van der Waals surface area (Å²) in [5.74, 6) is 0.660. The normalized spacial score (nSPS) is 17.2. The van der Waals surface area contributed by atoms with Crippen molar-refractivity contribution in [1.82, 2.24) is 0 Å². The maximum atomic E-state index is 11.6. The summed E-state index contributed by atoms with van der Waals surface area (Å²) in [6.45, 7) is 1.91. The maximum Gasteiger partial charge on any atom is 0.175 e. The predicted molar refractivity (Wildman–Crippen MR) is 81.2 cm³/mol. The Morgan fingerprint density at radius 3 is 2.47 bits per heavy atom. The van der Waals surface area contributed by atoms with E-state index in [0.29, 0.717) is 10.8 Å². The molecule has 5 heteroatoms. The lowest BCUT2D eigenvalue weighted by Crippen LogP contribution is -2.08. The van der Waals surface area contributed by atoms with Gasteiger partial charge in [0.15, 0.2) is 9.84 Å². The van der Waals surface area contributed by atoms with Gasteiger partial charge in [0.2, 0.25) is 0 Å². The van der Waals surface area contributed by atoms with Gasteiger partial charge in [0.1, 0.15) is 0 Å². The van der Waals surface area contributed by atoms with Crippen molar-refractivity contribution in [3.63, 3.8) is 0 Å². The number of hydrogen-bond donors (Lipinski definition) is 1. The molecule has 19 heavy (non-hydrogen) atoms. The van der Waals surface area contributed by atoms with Gasteiger partial charge in [-0.1, -0.05) is 18.2 Å². The van der Waals surface area contributed by atoms with E-state index in [4.69, 9.17) is 5.73 Å². The van der Waals surface area contributed by atoms with E-state index in [1.165, 1.54) is 19.1 Å². The number of sulfone groups is 1. The van der Waals surface area contributed by atoms with Crippen LogP contribution in [-0.2, 0) is 9.84 Å². The van der Waals surface area contributed by atoms with Crippen molar-refractivity contribution in [1.29, 1.82) is 0 Å². The SMILES string of the molecule is C[C@H](N)c1ccc(S(C)(=O)=O)cc1/C=C/C1CC1.Cl. The fourth-order valence-electron chi connectivity index (χ4n) is 1.87. The van der Waals surface area contributed by atoms with E-state index in [1.54, 1.807) is 12.1 Å². The van der Waals surface area contributed by atoms with E-state index >= 15 is 0 Å². The van der Waals surface area contributed by atoms with Gasteiger partial charge in [-0.3, -0.25) is 0 Å². The van der Waals surface area contributed by atoms with Crippen molar-refractivity contribution in [3.8, 4) is 0 Å². The zero-order valence-electron chi connectivity index (χ0n) is 11.2. The molecular formula is C14H20ClNO2S. The van der Waals surface area contributed by atoms with Gasteiger partial charge in [0.05, 0.1) is 4.90 Å². The van der Waals surface area contributed by atoms with Gasteiger partial charge >= 0.3 is 0 Å². The molecule has 0 bridgehead atoms. The van der Waals surface area contributed by atoms with Crippen molar-refractivity contribution in [2.24, 2.45) is 11.7 Å². The van der Waals surface area contributed by atoms with E-state index in [9.17, 15) is 8.42 Å². The average Bonchev–Trinajstić information content (AvgIpc) is 3.08. The van der Waals surface area contributed by atoms with E-state index < -0.39 is 9.84 Å². The molecule has 0 aliphatic heterocycles. The topological polar surface area (TPSA) is 60.2 Å². The van der Waals surface area contributed by atoms with Gasteiger partial charge in [0.25, 0.3) is 0 Å². The highest BCUT2D eigenvalue weighted by Crippen LogP contribution is 2.32. The molecule has 0 unspecified atom stereocenters.